The molecule has 0 bridgehead atoms. The zero-order valence-electron chi connectivity index (χ0n) is 12.3. The summed E-state index contributed by atoms with van der Waals surface area (Å²) in [4.78, 5) is 6.05. The van der Waals surface area contributed by atoms with Crippen LogP contribution in [-0.4, -0.2) is 41.7 Å². The van der Waals surface area contributed by atoms with Crippen LogP contribution < -0.4 is 10.2 Å². The third kappa shape index (κ3) is 3.87. The van der Waals surface area contributed by atoms with E-state index in [4.69, 9.17) is 0 Å². The molecule has 22 heavy (non-hydrogen) atoms. The largest absolute Gasteiger partial charge is 0.417 e. The number of aromatic nitrogens is 1. The molecule has 3 heterocycles. The van der Waals surface area contributed by atoms with E-state index in [0.29, 0.717) is 17.9 Å². The molecule has 1 atom stereocenters. The summed E-state index contributed by atoms with van der Waals surface area (Å²) >= 11 is 2.00. The molecule has 3 nitrogen and oxygen atoms in total. The lowest BCUT2D eigenvalue weighted by Gasteiger charge is -2.34. The van der Waals surface area contributed by atoms with Crippen molar-refractivity contribution in [1.82, 2.24) is 10.3 Å². The van der Waals surface area contributed by atoms with Gasteiger partial charge in [-0.1, -0.05) is 0 Å². The maximum absolute atomic E-state index is 12.5. The van der Waals surface area contributed by atoms with E-state index in [2.05, 4.69) is 15.2 Å². The lowest BCUT2D eigenvalue weighted by atomic mass is 10.0. The molecular formula is C15H20F3N3S. The normalized spacial score (nSPS) is 24.0. The molecule has 122 valence electrons. The summed E-state index contributed by atoms with van der Waals surface area (Å²) in [6.45, 7) is 1.69. The molecule has 0 aliphatic carbocycles. The SMILES string of the molecule is FC(F)(F)c1ccc(N2CCC(N[C@H]3CCSC3)CC2)nc1. The van der Waals surface area contributed by atoms with Gasteiger partial charge < -0.3 is 10.2 Å². The number of halogens is 3. The van der Waals surface area contributed by atoms with Crippen molar-refractivity contribution >= 4 is 17.6 Å². The van der Waals surface area contributed by atoms with E-state index < -0.39 is 11.7 Å². The van der Waals surface area contributed by atoms with Gasteiger partial charge in [0.25, 0.3) is 0 Å². The highest BCUT2D eigenvalue weighted by Crippen LogP contribution is 2.30. The van der Waals surface area contributed by atoms with Gasteiger partial charge in [0.05, 0.1) is 5.56 Å². The molecule has 1 aromatic rings. The molecule has 2 aliphatic rings. The fourth-order valence-electron chi connectivity index (χ4n) is 3.02. The molecule has 0 radical (unpaired) electrons. The first kappa shape index (κ1) is 15.9. The first-order chi connectivity index (χ1) is 10.5. The number of rotatable bonds is 3. The fourth-order valence-corrected chi connectivity index (χ4v) is 4.18. The molecule has 0 spiro atoms. The Hall–Kier alpha value is -0.950. The average molecular weight is 331 g/mol. The minimum absolute atomic E-state index is 0.523. The van der Waals surface area contributed by atoms with Crippen molar-refractivity contribution in [3.8, 4) is 0 Å². The number of alkyl halides is 3. The monoisotopic (exact) mass is 331 g/mol. The van der Waals surface area contributed by atoms with Gasteiger partial charge in [-0.15, -0.1) is 0 Å². The molecule has 0 unspecified atom stereocenters. The molecule has 7 heteroatoms. The quantitative estimate of drug-likeness (QED) is 0.921. The van der Waals surface area contributed by atoms with Crippen LogP contribution in [0.1, 0.15) is 24.8 Å². The van der Waals surface area contributed by atoms with Crippen LogP contribution in [0.3, 0.4) is 0 Å². The van der Waals surface area contributed by atoms with Crippen LogP contribution in [0.2, 0.25) is 0 Å². The van der Waals surface area contributed by atoms with Gasteiger partial charge in [0.1, 0.15) is 5.82 Å². The van der Waals surface area contributed by atoms with Crippen LogP contribution in [0, 0.1) is 0 Å². The molecule has 0 saturated carbocycles. The summed E-state index contributed by atoms with van der Waals surface area (Å²) in [5.74, 6) is 3.08. The molecule has 2 aliphatic heterocycles. The predicted molar refractivity (Wildman–Crippen MR) is 83.3 cm³/mol. The highest BCUT2D eigenvalue weighted by molar-refractivity contribution is 7.99. The summed E-state index contributed by atoms with van der Waals surface area (Å²) in [7, 11) is 0. The van der Waals surface area contributed by atoms with Crippen LogP contribution in [0.25, 0.3) is 0 Å². The Morgan fingerprint density at radius 3 is 2.45 bits per heavy atom. The molecule has 1 N–H and O–H groups in total. The number of nitrogens with zero attached hydrogens (tertiary/aromatic N) is 2. The highest BCUT2D eigenvalue weighted by Gasteiger charge is 2.31. The van der Waals surface area contributed by atoms with Crippen molar-refractivity contribution < 1.29 is 13.2 Å². The van der Waals surface area contributed by atoms with E-state index in [9.17, 15) is 13.2 Å². The van der Waals surface area contributed by atoms with Crippen molar-refractivity contribution in [2.45, 2.75) is 37.5 Å². The zero-order valence-corrected chi connectivity index (χ0v) is 13.1. The summed E-state index contributed by atoms with van der Waals surface area (Å²) in [6, 6.07) is 3.74. The Bertz CT molecular complexity index is 478. The standard InChI is InChI=1S/C15H20F3N3S/c16-15(17,18)11-1-2-14(19-9-11)21-6-3-12(4-7-21)20-13-5-8-22-10-13/h1-2,9,12-13,20H,3-8,10H2/t13-/m0/s1. The van der Waals surface area contributed by atoms with E-state index in [1.165, 1.54) is 24.0 Å². The van der Waals surface area contributed by atoms with Gasteiger partial charge in [0, 0.05) is 37.1 Å². The van der Waals surface area contributed by atoms with Gasteiger partial charge in [-0.25, -0.2) is 4.98 Å². The number of thioether (sulfide) groups is 1. The van der Waals surface area contributed by atoms with E-state index >= 15 is 0 Å². The van der Waals surface area contributed by atoms with Crippen molar-refractivity contribution in [3.05, 3.63) is 23.9 Å². The number of piperidine rings is 1. The molecular weight excluding hydrogens is 311 g/mol. The van der Waals surface area contributed by atoms with E-state index in [-0.39, 0.29) is 0 Å². The summed E-state index contributed by atoms with van der Waals surface area (Å²) in [5.41, 5.74) is -0.688. The predicted octanol–water partition coefficient (Wildman–Crippen LogP) is 3.16. The van der Waals surface area contributed by atoms with E-state index in [1.807, 2.05) is 11.8 Å². The Morgan fingerprint density at radius 2 is 1.91 bits per heavy atom. The minimum atomic E-state index is -4.32. The van der Waals surface area contributed by atoms with Gasteiger partial charge >= 0.3 is 6.18 Å². The van der Waals surface area contributed by atoms with Crippen molar-refractivity contribution in [2.24, 2.45) is 0 Å². The highest BCUT2D eigenvalue weighted by atomic mass is 32.2. The van der Waals surface area contributed by atoms with Crippen molar-refractivity contribution in [1.29, 1.82) is 0 Å². The Kier molecular flexibility index (Phi) is 4.82. The topological polar surface area (TPSA) is 28.2 Å². The maximum atomic E-state index is 12.5. The smallest absolute Gasteiger partial charge is 0.357 e. The van der Waals surface area contributed by atoms with Crippen molar-refractivity contribution in [2.75, 3.05) is 29.5 Å². The fraction of sp³-hybridized carbons (Fsp3) is 0.667. The van der Waals surface area contributed by atoms with Gasteiger partial charge in [0.2, 0.25) is 0 Å². The van der Waals surface area contributed by atoms with Gasteiger partial charge in [-0.2, -0.15) is 24.9 Å². The second-order valence-electron chi connectivity index (χ2n) is 5.89. The molecule has 2 fully saturated rings. The lowest BCUT2D eigenvalue weighted by molar-refractivity contribution is -0.137. The molecule has 0 amide bonds. The Balaban J connectivity index is 1.52. The average Bonchev–Trinajstić information content (AvgIpc) is 3.00. The van der Waals surface area contributed by atoms with Crippen LogP contribution in [0.4, 0.5) is 19.0 Å². The zero-order chi connectivity index (χ0) is 15.6. The Morgan fingerprint density at radius 1 is 1.14 bits per heavy atom. The van der Waals surface area contributed by atoms with E-state index in [0.717, 1.165) is 38.2 Å². The summed E-state index contributed by atoms with van der Waals surface area (Å²) in [6.07, 6.45) is -0.115. The number of hydrogen-bond donors (Lipinski definition) is 1. The lowest BCUT2D eigenvalue weighted by Crippen LogP contribution is -2.46. The molecule has 3 rings (SSSR count). The second-order valence-corrected chi connectivity index (χ2v) is 7.04. The number of pyridine rings is 1. The van der Waals surface area contributed by atoms with Crippen molar-refractivity contribution in [3.63, 3.8) is 0 Å². The molecule has 0 aromatic carbocycles. The van der Waals surface area contributed by atoms with Crippen LogP contribution in [0.5, 0.6) is 0 Å². The van der Waals surface area contributed by atoms with E-state index in [1.54, 1.807) is 0 Å². The van der Waals surface area contributed by atoms with Crippen LogP contribution >= 0.6 is 11.8 Å². The minimum Gasteiger partial charge on any atom is -0.357 e. The third-order valence-corrected chi connectivity index (χ3v) is 5.46. The molecule has 1 aromatic heterocycles. The number of hydrogen-bond acceptors (Lipinski definition) is 4. The van der Waals surface area contributed by atoms with Gasteiger partial charge in [-0.3, -0.25) is 0 Å². The molecule has 2 saturated heterocycles. The number of anilines is 1. The maximum Gasteiger partial charge on any atom is 0.417 e. The first-order valence-electron chi connectivity index (χ1n) is 7.64. The Labute approximate surface area is 132 Å². The third-order valence-electron chi connectivity index (χ3n) is 4.30. The second kappa shape index (κ2) is 6.66. The summed E-state index contributed by atoms with van der Waals surface area (Å²) < 4.78 is 37.6. The first-order valence-corrected chi connectivity index (χ1v) is 8.80. The van der Waals surface area contributed by atoms with Crippen LogP contribution in [-0.2, 0) is 6.18 Å². The summed E-state index contributed by atoms with van der Waals surface area (Å²) in [5, 5.41) is 3.70. The van der Waals surface area contributed by atoms with Gasteiger partial charge in [0.15, 0.2) is 0 Å². The van der Waals surface area contributed by atoms with Crippen LogP contribution in [0.15, 0.2) is 18.3 Å². The van der Waals surface area contributed by atoms with Gasteiger partial charge in [-0.05, 0) is 37.1 Å². The number of nitrogens with one attached hydrogen (secondary N) is 1.